The van der Waals surface area contributed by atoms with E-state index in [0.717, 1.165) is 11.8 Å². The van der Waals surface area contributed by atoms with Crippen LogP contribution in [0.4, 0.5) is 4.79 Å². The molecule has 0 radical (unpaired) electrons. The number of amides is 2. The summed E-state index contributed by atoms with van der Waals surface area (Å²) in [6.45, 7) is 4.98. The zero-order valence-corrected chi connectivity index (χ0v) is 19.7. The van der Waals surface area contributed by atoms with Gasteiger partial charge in [0.2, 0.25) is 11.7 Å². The van der Waals surface area contributed by atoms with Crippen molar-refractivity contribution in [1.82, 2.24) is 15.6 Å². The quantitative estimate of drug-likeness (QED) is 0.360. The second-order valence-corrected chi connectivity index (χ2v) is 8.36. The van der Waals surface area contributed by atoms with Crippen molar-refractivity contribution >= 4 is 29.5 Å². The summed E-state index contributed by atoms with van der Waals surface area (Å²) in [5, 5.41) is 14.0. The molecule has 2 aromatic rings. The van der Waals surface area contributed by atoms with Crippen molar-refractivity contribution in [3.8, 4) is 0 Å². The summed E-state index contributed by atoms with van der Waals surface area (Å²) >= 11 is 0. The zero-order chi connectivity index (χ0) is 26.0. The molecule has 0 bridgehead atoms. The highest BCUT2D eigenvalue weighted by atomic mass is 16.5. The fraction of sp³-hybridized carbons (Fsp3) is 0.417. The van der Waals surface area contributed by atoms with Crippen LogP contribution in [0.15, 0.2) is 47.2 Å². The number of ketones is 2. The summed E-state index contributed by atoms with van der Waals surface area (Å²) in [5.41, 5.74) is 0.788. The molecule has 1 heterocycles. The Hall–Kier alpha value is -4.02. The maximum absolute atomic E-state index is 12.9. The lowest BCUT2D eigenvalue weighted by Crippen LogP contribution is -2.47. The Morgan fingerprint density at radius 1 is 1.03 bits per heavy atom. The number of alkyl carbamates (subject to hydrolysis) is 1. The average molecular weight is 488 g/mol. The summed E-state index contributed by atoms with van der Waals surface area (Å²) in [7, 11) is 0. The minimum Gasteiger partial charge on any atom is -0.481 e. The largest absolute Gasteiger partial charge is 0.481 e. The number of benzene rings is 1. The molecule has 2 rings (SSSR count). The Bertz CT molecular complexity index is 1020. The number of carboxylic acid groups (broad SMARTS) is 1. The molecule has 2 amide bonds. The molecular formula is C24H29N3O8. The van der Waals surface area contributed by atoms with E-state index in [1.165, 1.54) is 13.1 Å². The number of hydrogen-bond donors (Lipinski definition) is 3. The summed E-state index contributed by atoms with van der Waals surface area (Å²) in [4.78, 5) is 65.0. The molecule has 0 spiro atoms. The third-order valence-electron chi connectivity index (χ3n) is 5.11. The predicted octanol–water partition coefficient (Wildman–Crippen LogP) is 2.36. The van der Waals surface area contributed by atoms with Crippen molar-refractivity contribution in [2.45, 2.75) is 52.3 Å². The summed E-state index contributed by atoms with van der Waals surface area (Å²) in [6.07, 6.45) is 0.671. The number of carboxylic acids is 1. The van der Waals surface area contributed by atoms with Gasteiger partial charge >= 0.3 is 12.1 Å². The molecule has 0 saturated heterocycles. The van der Waals surface area contributed by atoms with E-state index in [4.69, 9.17) is 14.3 Å². The van der Waals surface area contributed by atoms with Crippen molar-refractivity contribution in [1.29, 1.82) is 0 Å². The first-order chi connectivity index (χ1) is 16.6. The lowest BCUT2D eigenvalue weighted by Gasteiger charge is -2.23. The van der Waals surface area contributed by atoms with E-state index in [-0.39, 0.29) is 24.8 Å². The van der Waals surface area contributed by atoms with Gasteiger partial charge in [-0.3, -0.25) is 19.2 Å². The number of Topliss-reactive ketones (excluding diaryl/α,β-unsaturated/α-hetero) is 2. The third-order valence-corrected chi connectivity index (χ3v) is 5.11. The van der Waals surface area contributed by atoms with Crippen LogP contribution in [0, 0.1) is 11.8 Å². The normalized spacial score (nSPS) is 13.4. The van der Waals surface area contributed by atoms with Gasteiger partial charge < -0.3 is 24.9 Å². The number of nitrogens with zero attached hydrogens (tertiary/aromatic N) is 1. The van der Waals surface area contributed by atoms with Crippen molar-refractivity contribution in [3.05, 3.63) is 54.2 Å². The van der Waals surface area contributed by atoms with Gasteiger partial charge in [0.25, 0.3) is 5.89 Å². The summed E-state index contributed by atoms with van der Waals surface area (Å²) in [6, 6.07) is 6.72. The number of aromatic nitrogens is 1. The second-order valence-electron chi connectivity index (χ2n) is 8.36. The van der Waals surface area contributed by atoms with E-state index < -0.39 is 54.0 Å². The van der Waals surface area contributed by atoms with E-state index in [2.05, 4.69) is 15.6 Å². The third kappa shape index (κ3) is 8.69. The molecule has 3 atom stereocenters. The van der Waals surface area contributed by atoms with Crippen molar-refractivity contribution in [2.75, 3.05) is 0 Å². The van der Waals surface area contributed by atoms with Gasteiger partial charge in [0.15, 0.2) is 5.78 Å². The fourth-order valence-electron chi connectivity index (χ4n) is 3.22. The zero-order valence-electron chi connectivity index (χ0n) is 19.7. The van der Waals surface area contributed by atoms with Crippen LogP contribution in [0.5, 0.6) is 0 Å². The molecule has 35 heavy (non-hydrogen) atoms. The van der Waals surface area contributed by atoms with E-state index in [0.29, 0.717) is 0 Å². The standard InChI is InChI=1S/C24H29N3O8/c1-14(2)20(27-24(33)35-13-16-7-5-4-6-8-16)18(28)11-15(3)22(32)26-17(12-19(29)30)21(31)23-25-9-10-34-23/h4-10,14-15,17,20H,11-13H2,1-3H3,(H,26,32)(H,27,33)(H,29,30)/t15-,17+,20+/m1/s1. The predicted molar refractivity (Wildman–Crippen MR) is 122 cm³/mol. The van der Waals surface area contributed by atoms with Crippen LogP contribution >= 0.6 is 0 Å². The lowest BCUT2D eigenvalue weighted by molar-refractivity contribution is -0.137. The van der Waals surface area contributed by atoms with E-state index in [9.17, 15) is 24.0 Å². The number of aliphatic carboxylic acids is 1. The molecule has 188 valence electrons. The molecule has 0 aliphatic carbocycles. The minimum atomic E-state index is -1.41. The molecule has 0 aliphatic heterocycles. The fourth-order valence-corrected chi connectivity index (χ4v) is 3.22. The Kier molecular flexibility index (Phi) is 10.1. The second kappa shape index (κ2) is 13.0. The Morgan fingerprint density at radius 2 is 1.71 bits per heavy atom. The molecule has 0 fully saturated rings. The van der Waals surface area contributed by atoms with Crippen LogP contribution in [0.3, 0.4) is 0 Å². The number of rotatable bonds is 13. The first-order valence-corrected chi connectivity index (χ1v) is 11.0. The minimum absolute atomic E-state index is 0.0357. The highest BCUT2D eigenvalue weighted by Gasteiger charge is 2.32. The van der Waals surface area contributed by atoms with Crippen molar-refractivity contribution in [2.24, 2.45) is 11.8 Å². The van der Waals surface area contributed by atoms with Crippen LogP contribution in [0.1, 0.15) is 49.9 Å². The van der Waals surface area contributed by atoms with Crippen LogP contribution in [-0.4, -0.2) is 51.7 Å². The smallest absolute Gasteiger partial charge is 0.408 e. The van der Waals surface area contributed by atoms with Crippen LogP contribution in [-0.2, 0) is 25.7 Å². The van der Waals surface area contributed by atoms with Gasteiger partial charge in [-0.2, -0.15) is 0 Å². The topological polar surface area (TPSA) is 165 Å². The van der Waals surface area contributed by atoms with Crippen LogP contribution < -0.4 is 10.6 Å². The maximum atomic E-state index is 12.9. The van der Waals surface area contributed by atoms with Gasteiger partial charge in [0.05, 0.1) is 18.7 Å². The van der Waals surface area contributed by atoms with E-state index >= 15 is 0 Å². The Morgan fingerprint density at radius 3 is 2.29 bits per heavy atom. The van der Waals surface area contributed by atoms with Gasteiger partial charge in [0, 0.05) is 12.3 Å². The number of carbonyl (C=O) groups is 5. The number of carbonyl (C=O) groups excluding carboxylic acids is 4. The van der Waals surface area contributed by atoms with Gasteiger partial charge in [-0.1, -0.05) is 51.1 Å². The molecule has 0 saturated carbocycles. The molecule has 0 unspecified atom stereocenters. The van der Waals surface area contributed by atoms with Crippen molar-refractivity contribution in [3.63, 3.8) is 0 Å². The van der Waals surface area contributed by atoms with E-state index in [1.807, 2.05) is 18.2 Å². The highest BCUT2D eigenvalue weighted by molar-refractivity contribution is 6.01. The number of ether oxygens (including phenoxy) is 1. The first-order valence-electron chi connectivity index (χ1n) is 11.0. The molecule has 0 aliphatic rings. The van der Waals surface area contributed by atoms with Crippen LogP contribution in [0.25, 0.3) is 0 Å². The Labute approximate surface area is 202 Å². The van der Waals surface area contributed by atoms with Crippen molar-refractivity contribution < 1.29 is 38.2 Å². The summed E-state index contributed by atoms with van der Waals surface area (Å²) < 4.78 is 10.1. The number of nitrogens with one attached hydrogen (secondary N) is 2. The lowest BCUT2D eigenvalue weighted by atomic mass is 9.92. The van der Waals surface area contributed by atoms with Gasteiger partial charge in [0.1, 0.15) is 18.9 Å². The van der Waals surface area contributed by atoms with Crippen LogP contribution in [0.2, 0.25) is 0 Å². The molecule has 3 N–H and O–H groups in total. The SMILES string of the molecule is CC(C)[C@H](NC(=O)OCc1ccccc1)C(=O)C[C@@H](C)C(=O)N[C@@H](CC(=O)O)C(=O)c1ncco1. The Balaban J connectivity index is 1.95. The molecule has 11 nitrogen and oxygen atoms in total. The molecule has 1 aromatic heterocycles. The molecule has 11 heteroatoms. The monoisotopic (exact) mass is 487 g/mol. The van der Waals surface area contributed by atoms with Gasteiger partial charge in [-0.15, -0.1) is 0 Å². The molecular weight excluding hydrogens is 458 g/mol. The average Bonchev–Trinajstić information content (AvgIpc) is 3.35. The number of hydrogen-bond acceptors (Lipinski definition) is 8. The van der Waals surface area contributed by atoms with E-state index in [1.54, 1.807) is 26.0 Å². The summed E-state index contributed by atoms with van der Waals surface area (Å²) in [5.74, 6) is -4.73. The van der Waals surface area contributed by atoms with Gasteiger partial charge in [-0.25, -0.2) is 9.78 Å². The van der Waals surface area contributed by atoms with Gasteiger partial charge in [-0.05, 0) is 11.5 Å². The molecule has 1 aromatic carbocycles. The highest BCUT2D eigenvalue weighted by Crippen LogP contribution is 2.13. The first kappa shape index (κ1) is 27.2. The maximum Gasteiger partial charge on any atom is 0.408 e. The number of oxazole rings is 1.